The van der Waals surface area contributed by atoms with Crippen molar-refractivity contribution in [3.05, 3.63) is 41.2 Å². The molecule has 0 unspecified atom stereocenters. The molecule has 3 heteroatoms. The van der Waals surface area contributed by atoms with E-state index < -0.39 is 0 Å². The molecule has 0 aromatic heterocycles. The molecular formula is C10H11ClFN. The Labute approximate surface area is 82.0 Å². The van der Waals surface area contributed by atoms with Gasteiger partial charge < -0.3 is 5.73 Å². The highest BCUT2D eigenvalue weighted by Gasteiger charge is 1.98. The van der Waals surface area contributed by atoms with E-state index in [0.717, 1.165) is 11.1 Å². The smallest absolute Gasteiger partial charge is 0.123 e. The molecule has 0 amide bonds. The summed E-state index contributed by atoms with van der Waals surface area (Å²) < 4.78 is 12.8. The second-order valence-electron chi connectivity index (χ2n) is 2.60. The van der Waals surface area contributed by atoms with Crippen LogP contribution >= 0.6 is 11.6 Å². The van der Waals surface area contributed by atoms with Crippen LogP contribution in [0.2, 0.25) is 0 Å². The van der Waals surface area contributed by atoms with Gasteiger partial charge in [-0.25, -0.2) is 4.39 Å². The number of benzene rings is 1. The molecule has 2 N–H and O–H groups in total. The first kappa shape index (κ1) is 10.2. The maximum atomic E-state index is 12.8. The van der Waals surface area contributed by atoms with Gasteiger partial charge in [0.25, 0.3) is 0 Å². The maximum absolute atomic E-state index is 12.8. The van der Waals surface area contributed by atoms with Crippen molar-refractivity contribution in [2.24, 2.45) is 5.73 Å². The van der Waals surface area contributed by atoms with Gasteiger partial charge in [0.15, 0.2) is 0 Å². The van der Waals surface area contributed by atoms with Gasteiger partial charge in [-0.1, -0.05) is 18.2 Å². The highest BCUT2D eigenvalue weighted by Crippen LogP contribution is 2.12. The summed E-state index contributed by atoms with van der Waals surface area (Å²) in [6, 6.07) is 4.54. The van der Waals surface area contributed by atoms with Gasteiger partial charge in [-0.05, 0) is 23.3 Å². The predicted octanol–water partition coefficient (Wildman–Crippen LogP) is 2.54. The summed E-state index contributed by atoms with van der Waals surface area (Å²) >= 11 is 5.49. The number of hydrogen-bond acceptors (Lipinski definition) is 1. The van der Waals surface area contributed by atoms with E-state index in [1.807, 2.05) is 6.08 Å². The van der Waals surface area contributed by atoms with Crippen LogP contribution in [0.25, 0.3) is 6.08 Å². The highest BCUT2D eigenvalue weighted by molar-refractivity contribution is 6.19. The van der Waals surface area contributed by atoms with Gasteiger partial charge in [-0.3, -0.25) is 0 Å². The Hall–Kier alpha value is -0.860. The van der Waals surface area contributed by atoms with E-state index in [2.05, 4.69) is 0 Å². The number of nitrogens with two attached hydrogens (primary N) is 1. The van der Waals surface area contributed by atoms with Gasteiger partial charge in [0, 0.05) is 12.4 Å². The van der Waals surface area contributed by atoms with E-state index in [4.69, 9.17) is 17.3 Å². The predicted molar refractivity (Wildman–Crippen MR) is 54.0 cm³/mol. The average Bonchev–Trinajstić information content (AvgIpc) is 2.16. The summed E-state index contributed by atoms with van der Waals surface area (Å²) in [6.07, 6.45) is 3.64. The molecule has 0 radical (unpaired) electrons. The number of hydrogen-bond donors (Lipinski definition) is 1. The summed E-state index contributed by atoms with van der Waals surface area (Å²) in [5.41, 5.74) is 7.17. The van der Waals surface area contributed by atoms with Crippen LogP contribution in [0.15, 0.2) is 24.3 Å². The molecular weight excluding hydrogens is 189 g/mol. The first-order chi connectivity index (χ1) is 6.27. The van der Waals surface area contributed by atoms with Crippen LogP contribution in [-0.2, 0) is 6.54 Å². The van der Waals surface area contributed by atoms with Crippen molar-refractivity contribution >= 4 is 17.7 Å². The minimum Gasteiger partial charge on any atom is -0.326 e. The number of rotatable bonds is 3. The van der Waals surface area contributed by atoms with E-state index in [1.54, 1.807) is 12.1 Å². The van der Waals surface area contributed by atoms with E-state index in [1.165, 1.54) is 12.1 Å². The molecule has 1 nitrogen and oxygen atoms in total. The van der Waals surface area contributed by atoms with Crippen LogP contribution in [-0.4, -0.2) is 5.88 Å². The Balaban J connectivity index is 2.99. The third-order valence-corrected chi connectivity index (χ3v) is 1.89. The Morgan fingerprint density at radius 1 is 1.46 bits per heavy atom. The summed E-state index contributed by atoms with van der Waals surface area (Å²) in [5.74, 6) is 0.185. The lowest BCUT2D eigenvalue weighted by molar-refractivity contribution is 0.625. The van der Waals surface area contributed by atoms with Crippen molar-refractivity contribution in [1.29, 1.82) is 0 Å². The normalized spacial score (nSPS) is 11.0. The van der Waals surface area contributed by atoms with Crippen LogP contribution in [0.5, 0.6) is 0 Å². The molecule has 0 atom stereocenters. The first-order valence-corrected chi connectivity index (χ1v) is 4.52. The summed E-state index contributed by atoms with van der Waals surface area (Å²) in [5, 5.41) is 0. The fourth-order valence-corrected chi connectivity index (χ4v) is 1.17. The summed E-state index contributed by atoms with van der Waals surface area (Å²) in [4.78, 5) is 0. The Kier molecular flexibility index (Phi) is 3.93. The van der Waals surface area contributed by atoms with Gasteiger partial charge >= 0.3 is 0 Å². The third kappa shape index (κ3) is 2.83. The van der Waals surface area contributed by atoms with Crippen molar-refractivity contribution in [2.45, 2.75) is 6.54 Å². The molecule has 0 saturated carbocycles. The molecule has 0 spiro atoms. The zero-order valence-corrected chi connectivity index (χ0v) is 7.89. The van der Waals surface area contributed by atoms with E-state index >= 15 is 0 Å². The fraction of sp³-hybridized carbons (Fsp3) is 0.200. The molecule has 13 heavy (non-hydrogen) atoms. The molecule has 70 valence electrons. The van der Waals surface area contributed by atoms with Gasteiger partial charge in [0.1, 0.15) is 5.82 Å². The zero-order chi connectivity index (χ0) is 9.68. The molecule has 0 saturated heterocycles. The SMILES string of the molecule is NCc1cc(F)ccc1C=CCCl. The molecule has 1 aromatic carbocycles. The van der Waals surface area contributed by atoms with E-state index in [0.29, 0.717) is 12.4 Å². The Bertz CT molecular complexity index is 310. The second-order valence-corrected chi connectivity index (χ2v) is 2.91. The highest BCUT2D eigenvalue weighted by atomic mass is 35.5. The molecule has 0 bridgehead atoms. The van der Waals surface area contributed by atoms with Crippen molar-refractivity contribution in [2.75, 3.05) is 5.88 Å². The monoisotopic (exact) mass is 199 g/mol. The van der Waals surface area contributed by atoms with Crippen LogP contribution < -0.4 is 5.73 Å². The maximum Gasteiger partial charge on any atom is 0.123 e. The van der Waals surface area contributed by atoms with Crippen LogP contribution in [0.4, 0.5) is 4.39 Å². The average molecular weight is 200 g/mol. The largest absolute Gasteiger partial charge is 0.326 e. The van der Waals surface area contributed by atoms with E-state index in [-0.39, 0.29) is 5.82 Å². The van der Waals surface area contributed by atoms with Crippen molar-refractivity contribution in [1.82, 2.24) is 0 Å². The van der Waals surface area contributed by atoms with Crippen molar-refractivity contribution < 1.29 is 4.39 Å². The van der Waals surface area contributed by atoms with Crippen molar-refractivity contribution in [3.63, 3.8) is 0 Å². The number of halogens is 2. The lowest BCUT2D eigenvalue weighted by Gasteiger charge is -2.02. The third-order valence-electron chi connectivity index (χ3n) is 1.71. The second kappa shape index (κ2) is 5.00. The molecule has 0 fully saturated rings. The molecule has 1 aromatic rings. The van der Waals surface area contributed by atoms with Crippen LogP contribution in [0, 0.1) is 5.82 Å². The van der Waals surface area contributed by atoms with Gasteiger partial charge in [-0.2, -0.15) is 0 Å². The van der Waals surface area contributed by atoms with Crippen LogP contribution in [0.3, 0.4) is 0 Å². The lowest BCUT2D eigenvalue weighted by atomic mass is 10.1. The Morgan fingerprint density at radius 3 is 2.85 bits per heavy atom. The number of alkyl halides is 1. The summed E-state index contributed by atoms with van der Waals surface area (Å²) in [6.45, 7) is 0.333. The summed E-state index contributed by atoms with van der Waals surface area (Å²) in [7, 11) is 0. The number of allylic oxidation sites excluding steroid dienone is 1. The lowest BCUT2D eigenvalue weighted by Crippen LogP contribution is -1.99. The minimum absolute atomic E-state index is 0.261. The fourth-order valence-electron chi connectivity index (χ4n) is 1.09. The molecule has 0 aliphatic carbocycles. The molecule has 0 heterocycles. The van der Waals surface area contributed by atoms with Gasteiger partial charge in [0.05, 0.1) is 0 Å². The van der Waals surface area contributed by atoms with Crippen LogP contribution in [0.1, 0.15) is 11.1 Å². The quantitative estimate of drug-likeness (QED) is 0.744. The minimum atomic E-state index is -0.261. The first-order valence-electron chi connectivity index (χ1n) is 3.99. The topological polar surface area (TPSA) is 26.0 Å². The molecule has 1 rings (SSSR count). The Morgan fingerprint density at radius 2 is 2.23 bits per heavy atom. The van der Waals surface area contributed by atoms with Crippen molar-refractivity contribution in [3.8, 4) is 0 Å². The molecule has 0 aliphatic rings. The van der Waals surface area contributed by atoms with Gasteiger partial charge in [-0.15, -0.1) is 11.6 Å². The standard InChI is InChI=1S/C10H11ClFN/c11-5-1-2-8-3-4-10(12)6-9(8)7-13/h1-4,6H,5,7,13H2. The molecule has 0 aliphatic heterocycles. The van der Waals surface area contributed by atoms with Gasteiger partial charge in [0.2, 0.25) is 0 Å². The zero-order valence-electron chi connectivity index (χ0n) is 7.13. The van der Waals surface area contributed by atoms with E-state index in [9.17, 15) is 4.39 Å².